The van der Waals surface area contributed by atoms with Gasteiger partial charge in [0.15, 0.2) is 0 Å². The number of carboxylic acids is 1. The average molecular weight is 416 g/mol. The number of rotatable bonds is 14. The number of carbonyl (C=O) groups excluding carboxylic acids is 4. The minimum absolute atomic E-state index is 0.272. The van der Waals surface area contributed by atoms with Crippen LogP contribution in [0.3, 0.4) is 0 Å². The summed E-state index contributed by atoms with van der Waals surface area (Å²) in [6.07, 6.45) is 2.32. The molecule has 0 aliphatic rings. The van der Waals surface area contributed by atoms with Crippen LogP contribution in [0.5, 0.6) is 0 Å². The number of nitrogens with one attached hydrogen (secondary N) is 1. The van der Waals surface area contributed by atoms with Gasteiger partial charge in [0.1, 0.15) is 12.1 Å². The normalized spacial score (nSPS) is 14.9. The highest BCUT2D eigenvalue weighted by Gasteiger charge is 2.36. The summed E-state index contributed by atoms with van der Waals surface area (Å²) in [5.41, 5.74) is 16.7. The average Bonchev–Trinajstić information content (AvgIpc) is 2.69. The number of nitrogens with zero attached hydrogens (tertiary/aromatic N) is 1. The van der Waals surface area contributed by atoms with Gasteiger partial charge < -0.3 is 32.7 Å². The van der Waals surface area contributed by atoms with E-state index >= 15 is 0 Å². The number of aliphatic hydroxyl groups excluding tert-OH is 1. The van der Waals surface area contributed by atoms with E-state index in [1.54, 1.807) is 0 Å². The number of amides is 3. The lowest BCUT2D eigenvalue weighted by molar-refractivity contribution is -0.150. The van der Waals surface area contributed by atoms with Gasteiger partial charge >= 0.3 is 5.97 Å². The van der Waals surface area contributed by atoms with E-state index in [1.807, 2.05) is 0 Å². The van der Waals surface area contributed by atoms with E-state index in [0.717, 1.165) is 0 Å². The summed E-state index contributed by atoms with van der Waals surface area (Å²) in [5, 5.41) is 20.4. The molecule has 1 radical (unpaired) electrons. The van der Waals surface area contributed by atoms with E-state index in [4.69, 9.17) is 22.3 Å². The van der Waals surface area contributed by atoms with Gasteiger partial charge in [-0.25, -0.2) is 0 Å². The van der Waals surface area contributed by atoms with E-state index in [2.05, 4.69) is 5.32 Å². The lowest BCUT2D eigenvalue weighted by atomic mass is 10.1. The molecule has 4 atom stereocenters. The molecular weight excluding hydrogens is 386 g/mol. The Labute approximate surface area is 168 Å². The molecule has 29 heavy (non-hydrogen) atoms. The van der Waals surface area contributed by atoms with Gasteiger partial charge in [0.25, 0.3) is 5.91 Å². The zero-order valence-electron chi connectivity index (χ0n) is 16.4. The van der Waals surface area contributed by atoms with E-state index < -0.39 is 60.9 Å². The van der Waals surface area contributed by atoms with Crippen molar-refractivity contribution in [2.75, 3.05) is 13.2 Å². The smallest absolute Gasteiger partial charge is 0.303 e. The Morgan fingerprint density at radius 2 is 1.69 bits per heavy atom. The number of carboxylic acid groups (broad SMARTS) is 1. The molecule has 12 heteroatoms. The molecule has 0 unspecified atom stereocenters. The highest BCUT2D eigenvalue weighted by atomic mass is 16.4. The molecule has 0 saturated carbocycles. The minimum atomic E-state index is -1.55. The van der Waals surface area contributed by atoms with E-state index in [9.17, 15) is 29.1 Å². The Morgan fingerprint density at radius 3 is 2.17 bits per heavy atom. The van der Waals surface area contributed by atoms with Crippen molar-refractivity contribution < 1.29 is 34.2 Å². The Bertz CT molecular complexity index is 587. The van der Waals surface area contributed by atoms with E-state index in [-0.39, 0.29) is 6.42 Å². The molecule has 0 aliphatic carbocycles. The van der Waals surface area contributed by atoms with Crippen molar-refractivity contribution in [3.8, 4) is 0 Å². The third kappa shape index (κ3) is 9.09. The van der Waals surface area contributed by atoms with Crippen LogP contribution in [0.15, 0.2) is 0 Å². The topological polar surface area (TPSA) is 219 Å². The van der Waals surface area contributed by atoms with Crippen LogP contribution < -0.4 is 22.5 Å². The third-order valence-electron chi connectivity index (χ3n) is 4.12. The first-order chi connectivity index (χ1) is 13.6. The Kier molecular flexibility index (Phi) is 12.6. The van der Waals surface area contributed by atoms with Crippen LogP contribution in [-0.2, 0) is 24.0 Å². The fourth-order valence-corrected chi connectivity index (χ4v) is 2.40. The van der Waals surface area contributed by atoms with Crippen LogP contribution in [0.4, 0.5) is 0 Å². The second-order valence-corrected chi connectivity index (χ2v) is 6.51. The standard InChI is InChI=1S/C17H30N5O7/c1-10(8-23)22(16(28)12(20)5-6-14(25)26)17(29)13(9-24)21-15(27)11(19)4-2-3-7-18/h10-13,24H,2-7,9,18-20H2,1H3,(H,21,27)(H,25,26)/t10-,11-,12-,13-/m0/s1. The van der Waals surface area contributed by atoms with E-state index in [1.165, 1.54) is 13.2 Å². The molecule has 0 rings (SSSR count). The van der Waals surface area contributed by atoms with Gasteiger partial charge in [0, 0.05) is 6.42 Å². The van der Waals surface area contributed by atoms with Crippen molar-refractivity contribution in [3.63, 3.8) is 0 Å². The zero-order chi connectivity index (χ0) is 22.6. The monoisotopic (exact) mass is 416 g/mol. The van der Waals surface area contributed by atoms with Gasteiger partial charge in [-0.15, -0.1) is 0 Å². The molecule has 12 nitrogen and oxygen atoms in total. The van der Waals surface area contributed by atoms with Crippen molar-refractivity contribution in [2.24, 2.45) is 17.2 Å². The van der Waals surface area contributed by atoms with Crippen LogP contribution in [0.1, 0.15) is 39.0 Å². The summed E-state index contributed by atoms with van der Waals surface area (Å²) in [6, 6.07) is -5.25. The van der Waals surface area contributed by atoms with Crippen LogP contribution in [0.25, 0.3) is 0 Å². The van der Waals surface area contributed by atoms with Gasteiger partial charge in [-0.05, 0) is 32.7 Å². The highest BCUT2D eigenvalue weighted by molar-refractivity contribution is 6.03. The number of unbranched alkanes of at least 4 members (excludes halogenated alkanes) is 1. The second-order valence-electron chi connectivity index (χ2n) is 6.51. The van der Waals surface area contributed by atoms with E-state index in [0.29, 0.717) is 30.7 Å². The maximum atomic E-state index is 12.7. The fourth-order valence-electron chi connectivity index (χ4n) is 2.40. The van der Waals surface area contributed by atoms with Crippen molar-refractivity contribution in [1.82, 2.24) is 10.2 Å². The van der Waals surface area contributed by atoms with Crippen molar-refractivity contribution in [3.05, 3.63) is 0 Å². The first kappa shape index (κ1) is 26.6. The van der Waals surface area contributed by atoms with Gasteiger partial charge in [-0.3, -0.25) is 28.9 Å². The molecular formula is C17H30N5O7. The molecule has 0 bridgehead atoms. The number of imide groups is 1. The largest absolute Gasteiger partial charge is 0.481 e. The number of aliphatic carboxylic acids is 1. The zero-order valence-corrected chi connectivity index (χ0v) is 16.4. The van der Waals surface area contributed by atoms with Crippen molar-refractivity contribution in [1.29, 1.82) is 0 Å². The number of hydrogen-bond acceptors (Lipinski definition) is 9. The Hall–Kier alpha value is -2.41. The molecule has 0 aliphatic heterocycles. The molecule has 165 valence electrons. The van der Waals surface area contributed by atoms with Crippen molar-refractivity contribution in [2.45, 2.75) is 63.2 Å². The predicted molar refractivity (Wildman–Crippen MR) is 102 cm³/mol. The summed E-state index contributed by atoms with van der Waals surface area (Å²) in [6.45, 7) is 0.771. The lowest BCUT2D eigenvalue weighted by Crippen LogP contribution is -2.59. The summed E-state index contributed by atoms with van der Waals surface area (Å²) in [4.78, 5) is 59.5. The molecule has 0 heterocycles. The van der Waals surface area contributed by atoms with Gasteiger partial charge in [-0.1, -0.05) is 6.42 Å². The molecule has 9 N–H and O–H groups in total. The molecule has 3 amide bonds. The molecule has 0 aromatic heterocycles. The lowest BCUT2D eigenvalue weighted by Gasteiger charge is -2.30. The molecule has 0 spiro atoms. The Balaban J connectivity index is 5.27. The number of hydrogen-bond donors (Lipinski definition) is 6. The molecule has 0 fully saturated rings. The van der Waals surface area contributed by atoms with Gasteiger partial charge in [-0.2, -0.15) is 0 Å². The fraction of sp³-hybridized carbons (Fsp3) is 0.706. The van der Waals surface area contributed by atoms with Crippen LogP contribution in [0, 0.1) is 0 Å². The van der Waals surface area contributed by atoms with Crippen LogP contribution in [-0.4, -0.2) is 82.4 Å². The molecule has 0 saturated heterocycles. The van der Waals surface area contributed by atoms with Gasteiger partial charge in [0.05, 0.1) is 18.7 Å². The number of aliphatic hydroxyl groups is 1. The SMILES string of the molecule is C[C@@H]([C]=O)N(C(=O)[C@H](CO)NC(=O)[C@@H](N)CCCCN)C(=O)[C@@H](N)CCC(=O)O. The van der Waals surface area contributed by atoms with Crippen molar-refractivity contribution >= 4 is 30.0 Å². The summed E-state index contributed by atoms with van der Waals surface area (Å²) < 4.78 is 0. The molecule has 0 aromatic rings. The Morgan fingerprint density at radius 1 is 1.07 bits per heavy atom. The predicted octanol–water partition coefficient (Wildman–Crippen LogP) is -3.03. The summed E-state index contributed by atoms with van der Waals surface area (Å²) in [5.74, 6) is -4.02. The second kappa shape index (κ2) is 13.7. The first-order valence-corrected chi connectivity index (χ1v) is 9.19. The van der Waals surface area contributed by atoms with Crippen LogP contribution in [0.2, 0.25) is 0 Å². The van der Waals surface area contributed by atoms with Gasteiger partial charge in [0.2, 0.25) is 18.1 Å². The first-order valence-electron chi connectivity index (χ1n) is 9.19. The summed E-state index contributed by atoms with van der Waals surface area (Å²) >= 11 is 0. The maximum Gasteiger partial charge on any atom is 0.303 e. The summed E-state index contributed by atoms with van der Waals surface area (Å²) in [7, 11) is 0. The van der Waals surface area contributed by atoms with Crippen LogP contribution >= 0.6 is 0 Å². The minimum Gasteiger partial charge on any atom is -0.481 e. The number of nitrogens with two attached hydrogens (primary N) is 3. The number of carbonyl (C=O) groups is 4. The maximum absolute atomic E-state index is 12.7. The highest BCUT2D eigenvalue weighted by Crippen LogP contribution is 2.08. The molecule has 0 aromatic carbocycles. The quantitative estimate of drug-likeness (QED) is 0.157. The third-order valence-corrected chi connectivity index (χ3v) is 4.12.